The molecule has 360 valence electrons. The average molecular weight is 891 g/mol. The number of aliphatic hydroxyl groups is 3. The van der Waals surface area contributed by atoms with E-state index in [0.717, 1.165) is 51.4 Å². The first kappa shape index (κ1) is 57.4. The second-order valence-electron chi connectivity index (χ2n) is 17.5. The van der Waals surface area contributed by atoms with Crippen LogP contribution in [-0.2, 0) is 38.7 Å². The van der Waals surface area contributed by atoms with Crippen LogP contribution >= 0.6 is 0 Å². The lowest BCUT2D eigenvalue weighted by molar-refractivity contribution is -0.297. The maximum Gasteiger partial charge on any atom is 0.306 e. The summed E-state index contributed by atoms with van der Waals surface area (Å²) in [6.45, 7) is 3.78. The van der Waals surface area contributed by atoms with E-state index in [1.807, 2.05) is 0 Å². The van der Waals surface area contributed by atoms with Gasteiger partial charge in [0.25, 0.3) is 10.1 Å². The van der Waals surface area contributed by atoms with Crippen molar-refractivity contribution in [3.8, 4) is 0 Å². The zero-order valence-corrected chi connectivity index (χ0v) is 39.4. The summed E-state index contributed by atoms with van der Waals surface area (Å²) in [5, 5.41) is 30.9. The molecule has 6 atom stereocenters. The van der Waals surface area contributed by atoms with Crippen LogP contribution in [0.5, 0.6) is 0 Å². The van der Waals surface area contributed by atoms with Crippen LogP contribution in [-0.4, -0.2) is 96.0 Å². The standard InChI is InChI=1S/C48H90O12S/c1-3-5-7-9-11-13-15-17-19-20-21-23-25-27-29-31-33-35-37-44(50)59-41(39-58-48-47(53)46(52)45(51)42(60-48)40-61(54,55)56)38-57-43(49)36-34-32-30-28-26-24-22-18-16-14-12-10-8-6-4-2/h19-20,41-42,45-48,51-53H,3-18,21-40H2,1-2H3,(H,54,55,56)/b20-19-. The van der Waals surface area contributed by atoms with E-state index >= 15 is 0 Å². The van der Waals surface area contributed by atoms with Crippen molar-refractivity contribution >= 4 is 22.1 Å². The van der Waals surface area contributed by atoms with Crippen molar-refractivity contribution in [3.63, 3.8) is 0 Å². The molecule has 0 saturated carbocycles. The minimum absolute atomic E-state index is 0.164. The summed E-state index contributed by atoms with van der Waals surface area (Å²) >= 11 is 0. The van der Waals surface area contributed by atoms with Crippen LogP contribution in [0.3, 0.4) is 0 Å². The molecule has 0 aliphatic carbocycles. The van der Waals surface area contributed by atoms with E-state index in [9.17, 15) is 37.9 Å². The molecule has 0 spiro atoms. The summed E-state index contributed by atoms with van der Waals surface area (Å²) in [5.41, 5.74) is 0. The van der Waals surface area contributed by atoms with Crippen LogP contribution < -0.4 is 0 Å². The molecular weight excluding hydrogens is 801 g/mol. The molecule has 0 radical (unpaired) electrons. The average Bonchev–Trinajstić information content (AvgIpc) is 3.22. The number of esters is 2. The Kier molecular flexibility index (Phi) is 36.5. The molecule has 1 fully saturated rings. The summed E-state index contributed by atoms with van der Waals surface area (Å²) in [4.78, 5) is 25.5. The Labute approximate surface area is 371 Å². The van der Waals surface area contributed by atoms with Gasteiger partial charge in [-0.05, 0) is 38.5 Å². The van der Waals surface area contributed by atoms with Crippen LogP contribution in [0.15, 0.2) is 12.2 Å². The molecule has 1 saturated heterocycles. The van der Waals surface area contributed by atoms with Gasteiger partial charge in [-0.3, -0.25) is 14.1 Å². The molecule has 1 aliphatic rings. The van der Waals surface area contributed by atoms with Crippen LogP contribution in [0.25, 0.3) is 0 Å². The second-order valence-corrected chi connectivity index (χ2v) is 19.0. The number of carbonyl (C=O) groups excluding carboxylic acids is 2. The highest BCUT2D eigenvalue weighted by Crippen LogP contribution is 2.24. The van der Waals surface area contributed by atoms with Crippen molar-refractivity contribution in [1.29, 1.82) is 0 Å². The Morgan fingerprint density at radius 1 is 0.541 bits per heavy atom. The van der Waals surface area contributed by atoms with E-state index in [-0.39, 0.29) is 19.4 Å². The maximum absolute atomic E-state index is 12.8. The third kappa shape index (κ3) is 33.6. The van der Waals surface area contributed by atoms with Crippen molar-refractivity contribution in [2.75, 3.05) is 19.0 Å². The predicted octanol–water partition coefficient (Wildman–Crippen LogP) is 10.6. The number of hydrogen-bond acceptors (Lipinski definition) is 11. The molecule has 4 N–H and O–H groups in total. The van der Waals surface area contributed by atoms with Crippen LogP contribution in [0.4, 0.5) is 0 Å². The first-order chi connectivity index (χ1) is 29.5. The van der Waals surface area contributed by atoms with Gasteiger partial charge in [0.1, 0.15) is 36.8 Å². The number of aliphatic hydroxyl groups excluding tert-OH is 3. The fraction of sp³-hybridized carbons (Fsp3) is 0.917. The highest BCUT2D eigenvalue weighted by Gasteiger charge is 2.46. The van der Waals surface area contributed by atoms with Gasteiger partial charge in [0.15, 0.2) is 12.4 Å². The predicted molar refractivity (Wildman–Crippen MR) is 243 cm³/mol. The Balaban J connectivity index is 2.39. The third-order valence-electron chi connectivity index (χ3n) is 11.6. The van der Waals surface area contributed by atoms with Crippen LogP contribution in [0.1, 0.15) is 226 Å². The summed E-state index contributed by atoms with van der Waals surface area (Å²) in [6.07, 6.45) is 32.5. The highest BCUT2D eigenvalue weighted by atomic mass is 32.2. The van der Waals surface area contributed by atoms with E-state index in [1.165, 1.54) is 135 Å². The molecule has 0 aromatic heterocycles. The number of ether oxygens (including phenoxy) is 4. The summed E-state index contributed by atoms with van der Waals surface area (Å²) in [5.74, 6) is -1.97. The Morgan fingerprint density at radius 3 is 1.36 bits per heavy atom. The van der Waals surface area contributed by atoms with Crippen LogP contribution in [0, 0.1) is 0 Å². The molecule has 0 bridgehead atoms. The van der Waals surface area contributed by atoms with Gasteiger partial charge in [-0.2, -0.15) is 8.42 Å². The van der Waals surface area contributed by atoms with Gasteiger partial charge in [0.05, 0.1) is 6.61 Å². The number of unbranched alkanes of at least 4 members (excludes halogenated alkanes) is 28. The lowest BCUT2D eigenvalue weighted by atomic mass is 10.00. The number of allylic oxidation sites excluding steroid dienone is 2. The molecule has 13 heteroatoms. The third-order valence-corrected chi connectivity index (χ3v) is 12.3. The SMILES string of the molecule is CCCCCCCCC/C=C\CCCCCCCCCC(=O)OC(COC(=O)CCCCCCCCCCCCCCCCC)COC1OC(CS(=O)(=O)O)C(O)C(O)C1O. The molecule has 12 nitrogen and oxygen atoms in total. The van der Waals surface area contributed by atoms with E-state index in [4.69, 9.17) is 18.9 Å². The highest BCUT2D eigenvalue weighted by molar-refractivity contribution is 7.85. The summed E-state index contributed by atoms with van der Waals surface area (Å²) in [7, 11) is -4.60. The lowest BCUT2D eigenvalue weighted by Gasteiger charge is -2.40. The fourth-order valence-electron chi connectivity index (χ4n) is 7.73. The Morgan fingerprint density at radius 2 is 0.934 bits per heavy atom. The topological polar surface area (TPSA) is 186 Å². The molecule has 0 aromatic rings. The van der Waals surface area contributed by atoms with Crippen molar-refractivity contribution < 1.29 is 56.8 Å². The maximum atomic E-state index is 12.8. The van der Waals surface area contributed by atoms with E-state index in [1.54, 1.807) is 0 Å². The van der Waals surface area contributed by atoms with E-state index in [0.29, 0.717) is 12.8 Å². The van der Waals surface area contributed by atoms with Crippen molar-refractivity contribution in [2.45, 2.75) is 263 Å². The van der Waals surface area contributed by atoms with Crippen LogP contribution in [0.2, 0.25) is 0 Å². The van der Waals surface area contributed by atoms with Gasteiger partial charge in [0.2, 0.25) is 0 Å². The molecule has 0 aromatic carbocycles. The molecule has 1 rings (SSSR count). The normalized spacial score (nSPS) is 20.0. The molecule has 61 heavy (non-hydrogen) atoms. The van der Waals surface area contributed by atoms with Crippen molar-refractivity contribution in [1.82, 2.24) is 0 Å². The fourth-order valence-corrected chi connectivity index (χ4v) is 8.42. The largest absolute Gasteiger partial charge is 0.462 e. The van der Waals surface area contributed by atoms with E-state index < -0.39 is 71.2 Å². The second kappa shape index (κ2) is 38.8. The molecular formula is C48H90O12S. The molecule has 0 amide bonds. The lowest BCUT2D eigenvalue weighted by Crippen LogP contribution is -2.60. The van der Waals surface area contributed by atoms with E-state index in [2.05, 4.69) is 26.0 Å². The quantitative estimate of drug-likeness (QED) is 0.0197. The molecule has 1 aliphatic heterocycles. The van der Waals surface area contributed by atoms with Gasteiger partial charge in [0, 0.05) is 12.8 Å². The number of rotatable bonds is 42. The van der Waals surface area contributed by atoms with Crippen molar-refractivity contribution in [3.05, 3.63) is 12.2 Å². The Bertz CT molecular complexity index is 1180. The van der Waals surface area contributed by atoms with Gasteiger partial charge >= 0.3 is 11.9 Å². The smallest absolute Gasteiger partial charge is 0.306 e. The molecule has 6 unspecified atom stereocenters. The zero-order chi connectivity index (χ0) is 44.8. The van der Waals surface area contributed by atoms with Gasteiger partial charge in [-0.1, -0.05) is 187 Å². The van der Waals surface area contributed by atoms with Gasteiger partial charge in [-0.15, -0.1) is 0 Å². The number of hydrogen-bond donors (Lipinski definition) is 4. The monoisotopic (exact) mass is 891 g/mol. The first-order valence-corrected chi connectivity index (χ1v) is 26.4. The Hall–Kier alpha value is -1.61. The van der Waals surface area contributed by atoms with Gasteiger partial charge in [-0.25, -0.2) is 0 Å². The minimum Gasteiger partial charge on any atom is -0.462 e. The molecule has 1 heterocycles. The van der Waals surface area contributed by atoms with Crippen molar-refractivity contribution in [2.24, 2.45) is 0 Å². The summed E-state index contributed by atoms with van der Waals surface area (Å²) < 4.78 is 54.2. The minimum atomic E-state index is -4.60. The first-order valence-electron chi connectivity index (χ1n) is 24.7. The van der Waals surface area contributed by atoms with Gasteiger partial charge < -0.3 is 34.3 Å². The zero-order valence-electron chi connectivity index (χ0n) is 38.5. The number of carbonyl (C=O) groups is 2. The summed E-state index contributed by atoms with van der Waals surface area (Å²) in [6, 6.07) is 0.